The summed E-state index contributed by atoms with van der Waals surface area (Å²) in [5.41, 5.74) is 1.45. The maximum atomic E-state index is 12.8. The summed E-state index contributed by atoms with van der Waals surface area (Å²) >= 11 is 7.44. The number of thioether (sulfide) groups is 1. The molecule has 5 nitrogen and oxygen atoms in total. The van der Waals surface area contributed by atoms with Gasteiger partial charge in [0.15, 0.2) is 10.9 Å². The minimum atomic E-state index is -0.0833. The summed E-state index contributed by atoms with van der Waals surface area (Å²) in [5, 5.41) is 1.83. The number of oxazole rings is 1. The zero-order valence-electron chi connectivity index (χ0n) is 14.8. The van der Waals surface area contributed by atoms with Crippen molar-refractivity contribution in [1.29, 1.82) is 0 Å². The summed E-state index contributed by atoms with van der Waals surface area (Å²) in [5.74, 6) is 1.64. The van der Waals surface area contributed by atoms with Gasteiger partial charge in [-0.1, -0.05) is 53.7 Å². The lowest BCUT2D eigenvalue weighted by molar-refractivity contribution is 0.529. The average molecular weight is 410 g/mol. The predicted molar refractivity (Wildman–Crippen MR) is 113 cm³/mol. The van der Waals surface area contributed by atoms with Crippen molar-refractivity contribution in [3.8, 4) is 11.3 Å². The molecule has 0 amide bonds. The van der Waals surface area contributed by atoms with Crippen molar-refractivity contribution in [3.63, 3.8) is 0 Å². The Morgan fingerprint density at radius 1 is 1.21 bits per heavy atom. The van der Waals surface area contributed by atoms with E-state index >= 15 is 0 Å². The van der Waals surface area contributed by atoms with E-state index in [1.54, 1.807) is 22.9 Å². The van der Waals surface area contributed by atoms with Crippen molar-refractivity contribution >= 4 is 34.3 Å². The van der Waals surface area contributed by atoms with E-state index in [1.807, 2.05) is 42.5 Å². The monoisotopic (exact) mass is 409 g/mol. The van der Waals surface area contributed by atoms with Crippen molar-refractivity contribution in [2.75, 3.05) is 0 Å². The molecule has 0 fully saturated rings. The average Bonchev–Trinajstić information content (AvgIpc) is 3.18. The van der Waals surface area contributed by atoms with Crippen molar-refractivity contribution in [1.82, 2.24) is 14.5 Å². The van der Waals surface area contributed by atoms with Gasteiger partial charge in [-0.15, -0.1) is 6.58 Å². The van der Waals surface area contributed by atoms with Gasteiger partial charge in [-0.2, -0.15) is 0 Å². The van der Waals surface area contributed by atoms with Gasteiger partial charge in [-0.3, -0.25) is 9.36 Å². The Balaban J connectivity index is 1.61. The quantitative estimate of drug-likeness (QED) is 0.249. The lowest BCUT2D eigenvalue weighted by atomic mass is 10.2. The second-order valence-electron chi connectivity index (χ2n) is 6.03. The fraction of sp³-hybridized carbons (Fsp3) is 0.0952. The summed E-state index contributed by atoms with van der Waals surface area (Å²) in [6.45, 7) is 4.13. The number of hydrogen-bond acceptors (Lipinski definition) is 5. The van der Waals surface area contributed by atoms with Gasteiger partial charge in [0.05, 0.1) is 22.9 Å². The maximum Gasteiger partial charge on any atom is 0.262 e. The number of halogens is 1. The number of benzene rings is 2. The predicted octanol–water partition coefficient (Wildman–Crippen LogP) is 5.18. The van der Waals surface area contributed by atoms with Crippen molar-refractivity contribution in [2.24, 2.45) is 0 Å². The molecule has 4 rings (SSSR count). The SMILES string of the molecule is C=CCn1c(SCc2ncc(-c3cccc(Cl)c3)o2)nc2ccccc2c1=O. The molecule has 0 saturated carbocycles. The van der Waals surface area contributed by atoms with Gasteiger partial charge in [-0.05, 0) is 24.3 Å². The second-order valence-corrected chi connectivity index (χ2v) is 7.41. The molecule has 0 aliphatic carbocycles. The first-order valence-electron chi connectivity index (χ1n) is 8.59. The van der Waals surface area contributed by atoms with Crippen LogP contribution >= 0.6 is 23.4 Å². The molecular weight excluding hydrogens is 394 g/mol. The van der Waals surface area contributed by atoms with E-state index in [1.165, 1.54) is 11.8 Å². The lowest BCUT2D eigenvalue weighted by Crippen LogP contribution is -2.22. The molecule has 7 heteroatoms. The van der Waals surface area contributed by atoms with E-state index in [2.05, 4.69) is 16.5 Å². The van der Waals surface area contributed by atoms with Crippen LogP contribution in [0.15, 0.2) is 81.8 Å². The van der Waals surface area contributed by atoms with E-state index in [0.717, 1.165) is 5.56 Å². The van der Waals surface area contributed by atoms with Gasteiger partial charge in [-0.25, -0.2) is 9.97 Å². The minimum absolute atomic E-state index is 0.0833. The van der Waals surface area contributed by atoms with Crippen LogP contribution in [0.2, 0.25) is 5.02 Å². The van der Waals surface area contributed by atoms with Crippen molar-refractivity contribution in [2.45, 2.75) is 17.5 Å². The molecule has 0 aliphatic heterocycles. The van der Waals surface area contributed by atoms with Crippen molar-refractivity contribution < 1.29 is 4.42 Å². The zero-order valence-corrected chi connectivity index (χ0v) is 16.4. The van der Waals surface area contributed by atoms with Gasteiger partial charge in [0.1, 0.15) is 0 Å². The van der Waals surface area contributed by atoms with Crippen LogP contribution in [0.1, 0.15) is 5.89 Å². The Kier molecular flexibility index (Phi) is 5.32. The molecule has 2 heterocycles. The first kappa shape index (κ1) is 18.5. The third-order valence-corrected chi connectivity index (χ3v) is 5.32. The van der Waals surface area contributed by atoms with E-state index in [0.29, 0.717) is 45.0 Å². The first-order valence-corrected chi connectivity index (χ1v) is 9.96. The molecule has 2 aromatic carbocycles. The summed E-state index contributed by atoms with van der Waals surface area (Å²) in [6.07, 6.45) is 3.36. The normalized spacial score (nSPS) is 11.0. The van der Waals surface area contributed by atoms with Crippen LogP contribution in [0, 0.1) is 0 Å². The molecule has 2 aromatic heterocycles. The number of rotatable bonds is 6. The highest BCUT2D eigenvalue weighted by atomic mass is 35.5. The summed E-state index contributed by atoms with van der Waals surface area (Å²) < 4.78 is 7.45. The fourth-order valence-electron chi connectivity index (χ4n) is 2.83. The molecule has 0 spiro atoms. The number of nitrogens with zero attached hydrogens (tertiary/aromatic N) is 3. The van der Waals surface area contributed by atoms with Gasteiger partial charge in [0.25, 0.3) is 5.56 Å². The lowest BCUT2D eigenvalue weighted by Gasteiger charge is -2.10. The summed E-state index contributed by atoms with van der Waals surface area (Å²) in [6, 6.07) is 14.7. The topological polar surface area (TPSA) is 60.9 Å². The zero-order chi connectivity index (χ0) is 19.5. The second kappa shape index (κ2) is 8.04. The van der Waals surface area contributed by atoms with Crippen LogP contribution < -0.4 is 5.56 Å². The van der Waals surface area contributed by atoms with Gasteiger partial charge in [0, 0.05) is 17.1 Å². The van der Waals surface area contributed by atoms with Crippen molar-refractivity contribution in [3.05, 3.63) is 88.6 Å². The Morgan fingerprint density at radius 3 is 2.89 bits per heavy atom. The maximum absolute atomic E-state index is 12.8. The highest BCUT2D eigenvalue weighted by Crippen LogP contribution is 2.27. The largest absolute Gasteiger partial charge is 0.440 e. The number of para-hydroxylation sites is 1. The molecule has 0 N–H and O–H groups in total. The highest BCUT2D eigenvalue weighted by molar-refractivity contribution is 7.98. The molecule has 0 saturated heterocycles. The highest BCUT2D eigenvalue weighted by Gasteiger charge is 2.13. The van der Waals surface area contributed by atoms with Crippen LogP contribution in [0.25, 0.3) is 22.2 Å². The Bertz CT molecular complexity index is 1220. The molecule has 0 atom stereocenters. The third-order valence-electron chi connectivity index (χ3n) is 4.13. The molecule has 140 valence electrons. The van der Waals surface area contributed by atoms with Crippen LogP contribution in [-0.2, 0) is 12.3 Å². The van der Waals surface area contributed by atoms with E-state index in [9.17, 15) is 4.79 Å². The Hall–Kier alpha value is -2.83. The van der Waals surface area contributed by atoms with Gasteiger partial charge in [0.2, 0.25) is 5.89 Å². The molecule has 0 bridgehead atoms. The van der Waals surface area contributed by atoms with Crippen LogP contribution in [0.3, 0.4) is 0 Å². The van der Waals surface area contributed by atoms with Crippen LogP contribution in [-0.4, -0.2) is 14.5 Å². The molecule has 0 aliphatic rings. The summed E-state index contributed by atoms with van der Waals surface area (Å²) in [7, 11) is 0. The minimum Gasteiger partial charge on any atom is -0.440 e. The van der Waals surface area contributed by atoms with Crippen LogP contribution in [0.5, 0.6) is 0 Å². The molecule has 0 unspecified atom stereocenters. The first-order chi connectivity index (χ1) is 13.7. The van der Waals surface area contributed by atoms with E-state index < -0.39 is 0 Å². The number of allylic oxidation sites excluding steroid dienone is 1. The molecular formula is C21H16ClN3O2S. The van der Waals surface area contributed by atoms with Crippen LogP contribution in [0.4, 0.5) is 0 Å². The number of fused-ring (bicyclic) bond motifs is 1. The number of aromatic nitrogens is 3. The van der Waals surface area contributed by atoms with Gasteiger partial charge >= 0.3 is 0 Å². The van der Waals surface area contributed by atoms with Gasteiger partial charge < -0.3 is 4.42 Å². The third kappa shape index (κ3) is 3.74. The molecule has 4 aromatic rings. The standard InChI is InChI=1S/C21H16ClN3O2S/c1-2-10-25-20(26)16-8-3-4-9-17(16)24-21(25)28-13-19-23-12-18(27-19)14-6-5-7-15(22)11-14/h2-9,11-12H,1,10,13H2. The Labute approximate surface area is 170 Å². The van der Waals surface area contributed by atoms with E-state index in [-0.39, 0.29) is 5.56 Å². The fourth-order valence-corrected chi connectivity index (χ4v) is 3.88. The van der Waals surface area contributed by atoms with E-state index in [4.69, 9.17) is 16.0 Å². The molecule has 0 radical (unpaired) electrons. The smallest absolute Gasteiger partial charge is 0.262 e. The number of hydrogen-bond donors (Lipinski definition) is 0. The summed E-state index contributed by atoms with van der Waals surface area (Å²) in [4.78, 5) is 21.8. The molecule has 28 heavy (non-hydrogen) atoms. The Morgan fingerprint density at radius 2 is 2.07 bits per heavy atom.